The quantitative estimate of drug-likeness (QED) is 0.243. The van der Waals surface area contributed by atoms with E-state index in [0.717, 1.165) is 25.7 Å². The predicted molar refractivity (Wildman–Crippen MR) is 81.5 cm³/mol. The molecule has 0 aromatic carbocycles. The Hall–Kier alpha value is -2.72. The summed E-state index contributed by atoms with van der Waals surface area (Å²) in [5.41, 5.74) is 0. The second-order valence-electron chi connectivity index (χ2n) is 3.88. The van der Waals surface area contributed by atoms with Crippen LogP contribution < -0.4 is 0 Å². The van der Waals surface area contributed by atoms with Gasteiger partial charge >= 0.3 is 23.9 Å². The van der Waals surface area contributed by atoms with Gasteiger partial charge in [-0.2, -0.15) is 0 Å². The summed E-state index contributed by atoms with van der Waals surface area (Å²) in [5.74, 6) is -5.03. The van der Waals surface area contributed by atoms with Gasteiger partial charge in [0.05, 0.1) is 0 Å². The van der Waals surface area contributed by atoms with Crippen LogP contribution in [0.1, 0.15) is 25.7 Å². The summed E-state index contributed by atoms with van der Waals surface area (Å²) in [4.78, 5) is 38.2. The highest BCUT2D eigenvalue weighted by Crippen LogP contribution is 1.96. The molecule has 0 atom stereocenters. The fourth-order valence-electron chi connectivity index (χ4n) is 0.862. The lowest BCUT2D eigenvalue weighted by molar-refractivity contribution is -0.134. The molecule has 0 amide bonds. The van der Waals surface area contributed by atoms with Crippen LogP contribution in [-0.2, 0) is 19.2 Å². The van der Waals surface area contributed by atoms with Gasteiger partial charge in [-0.05, 0) is 12.8 Å². The van der Waals surface area contributed by atoms with Crippen molar-refractivity contribution < 1.29 is 49.8 Å². The maximum absolute atomic E-state index is 9.55. The number of hydrogen-bond donors (Lipinski definition) is 6. The van der Waals surface area contributed by atoms with Crippen LogP contribution in [0, 0.1) is 0 Å². The van der Waals surface area contributed by atoms with Crippen LogP contribution in [0.2, 0.25) is 0 Å². The lowest BCUT2D eigenvalue weighted by Gasteiger charge is -1.93. The van der Waals surface area contributed by atoms with E-state index in [-0.39, 0.29) is 13.2 Å². The molecule has 0 aliphatic heterocycles. The number of hydrogen-bond acceptors (Lipinski definition) is 6. The first kappa shape index (κ1) is 26.2. The fraction of sp³-hybridized carbons (Fsp3) is 0.429. The molecule has 138 valence electrons. The maximum Gasteiger partial charge on any atom is 0.328 e. The standard InChI is InChI=1S/C6H14O2.2C4H4O4/c7-5-3-1-2-4-6-8;2*5-3(6)1-2-4(7)8/h7-8H,1-6H2;2*1-2H,(H,5,6)(H,7,8)/b;2*2-1+. The van der Waals surface area contributed by atoms with Gasteiger partial charge in [-0.25, -0.2) is 19.2 Å². The van der Waals surface area contributed by atoms with E-state index in [4.69, 9.17) is 30.6 Å². The van der Waals surface area contributed by atoms with Gasteiger partial charge in [-0.15, -0.1) is 0 Å². The highest BCUT2D eigenvalue weighted by Gasteiger charge is 1.88. The van der Waals surface area contributed by atoms with Gasteiger partial charge in [0.15, 0.2) is 0 Å². The van der Waals surface area contributed by atoms with Gasteiger partial charge in [0.2, 0.25) is 0 Å². The summed E-state index contributed by atoms with van der Waals surface area (Å²) in [7, 11) is 0. The minimum absolute atomic E-state index is 0.283. The highest BCUT2D eigenvalue weighted by molar-refractivity contribution is 5.90. The summed E-state index contributed by atoms with van der Waals surface area (Å²) < 4.78 is 0. The van der Waals surface area contributed by atoms with Crippen molar-refractivity contribution in [1.82, 2.24) is 0 Å². The Morgan fingerprint density at radius 3 is 0.833 bits per heavy atom. The van der Waals surface area contributed by atoms with Crippen molar-refractivity contribution in [3.8, 4) is 0 Å². The number of unbranched alkanes of at least 4 members (excludes halogenated alkanes) is 3. The summed E-state index contributed by atoms with van der Waals surface area (Å²) >= 11 is 0. The summed E-state index contributed by atoms with van der Waals surface area (Å²) in [6, 6.07) is 0. The number of aliphatic hydroxyl groups is 2. The number of rotatable bonds is 9. The molecule has 10 nitrogen and oxygen atoms in total. The minimum Gasteiger partial charge on any atom is -0.478 e. The zero-order valence-corrected chi connectivity index (χ0v) is 12.9. The molecule has 0 unspecified atom stereocenters. The first-order valence-electron chi connectivity index (χ1n) is 6.66. The predicted octanol–water partition coefficient (Wildman–Crippen LogP) is -0.0450. The van der Waals surface area contributed by atoms with Crippen LogP contribution in [0.15, 0.2) is 24.3 Å². The number of carboxylic acids is 4. The van der Waals surface area contributed by atoms with E-state index in [9.17, 15) is 19.2 Å². The van der Waals surface area contributed by atoms with E-state index in [0.29, 0.717) is 24.3 Å². The zero-order valence-electron chi connectivity index (χ0n) is 12.9. The Balaban J connectivity index is -0.000000276. The van der Waals surface area contributed by atoms with Gasteiger partial charge in [-0.1, -0.05) is 12.8 Å². The molecule has 0 aromatic rings. The number of carboxylic acid groups (broad SMARTS) is 4. The van der Waals surface area contributed by atoms with Crippen LogP contribution >= 0.6 is 0 Å². The first-order chi connectivity index (χ1) is 11.2. The van der Waals surface area contributed by atoms with E-state index in [1.807, 2.05) is 0 Å². The van der Waals surface area contributed by atoms with Crippen LogP contribution in [0.3, 0.4) is 0 Å². The minimum atomic E-state index is -1.26. The summed E-state index contributed by atoms with van der Waals surface area (Å²) in [6.07, 6.45) is 6.06. The average Bonchev–Trinajstić information content (AvgIpc) is 2.49. The van der Waals surface area contributed by atoms with Crippen molar-refractivity contribution in [2.24, 2.45) is 0 Å². The molecule has 0 spiro atoms. The highest BCUT2D eigenvalue weighted by atomic mass is 16.4. The summed E-state index contributed by atoms with van der Waals surface area (Å²) in [5, 5.41) is 47.9. The van der Waals surface area contributed by atoms with Gasteiger partial charge < -0.3 is 30.6 Å². The molecule has 10 heteroatoms. The molecule has 0 fully saturated rings. The maximum atomic E-state index is 9.55. The first-order valence-corrected chi connectivity index (χ1v) is 6.66. The zero-order chi connectivity index (χ0) is 19.4. The fourth-order valence-corrected chi connectivity index (χ4v) is 0.862. The smallest absolute Gasteiger partial charge is 0.328 e. The second kappa shape index (κ2) is 20.3. The largest absolute Gasteiger partial charge is 0.478 e. The molecule has 0 aliphatic carbocycles. The van der Waals surface area contributed by atoms with Crippen LogP contribution in [0.4, 0.5) is 0 Å². The molecule has 0 bridgehead atoms. The van der Waals surface area contributed by atoms with Crippen molar-refractivity contribution >= 4 is 23.9 Å². The third-order valence-corrected chi connectivity index (χ3v) is 1.80. The third kappa shape index (κ3) is 42.7. The Bertz CT molecular complexity index is 353. The Labute approximate surface area is 138 Å². The van der Waals surface area contributed by atoms with E-state index in [1.165, 1.54) is 0 Å². The molecule has 0 saturated carbocycles. The van der Waals surface area contributed by atoms with Crippen LogP contribution in [0.5, 0.6) is 0 Å². The Morgan fingerprint density at radius 2 is 0.708 bits per heavy atom. The molecule has 0 rings (SSSR count). The van der Waals surface area contributed by atoms with Crippen molar-refractivity contribution in [2.75, 3.05) is 13.2 Å². The van der Waals surface area contributed by atoms with Crippen molar-refractivity contribution in [3.05, 3.63) is 24.3 Å². The topological polar surface area (TPSA) is 190 Å². The molecule has 0 aromatic heterocycles. The number of aliphatic hydroxyl groups excluding tert-OH is 2. The van der Waals surface area contributed by atoms with Crippen molar-refractivity contribution in [2.45, 2.75) is 25.7 Å². The number of carbonyl (C=O) groups is 4. The molecule has 24 heavy (non-hydrogen) atoms. The second-order valence-corrected chi connectivity index (χ2v) is 3.88. The molecular formula is C14H22O10. The Morgan fingerprint density at radius 1 is 0.500 bits per heavy atom. The molecule has 0 saturated heterocycles. The van der Waals surface area contributed by atoms with E-state index in [1.54, 1.807) is 0 Å². The monoisotopic (exact) mass is 350 g/mol. The van der Waals surface area contributed by atoms with E-state index < -0.39 is 23.9 Å². The van der Waals surface area contributed by atoms with Crippen LogP contribution in [0.25, 0.3) is 0 Å². The molecular weight excluding hydrogens is 328 g/mol. The lowest BCUT2D eigenvalue weighted by atomic mass is 10.2. The van der Waals surface area contributed by atoms with Gasteiger partial charge in [-0.3, -0.25) is 0 Å². The van der Waals surface area contributed by atoms with Crippen LogP contribution in [-0.4, -0.2) is 67.7 Å². The van der Waals surface area contributed by atoms with Crippen molar-refractivity contribution in [3.63, 3.8) is 0 Å². The SMILES string of the molecule is O=C(O)/C=C/C(=O)O.O=C(O)/C=C/C(=O)O.OCCCCCCO. The molecule has 6 N–H and O–H groups in total. The third-order valence-electron chi connectivity index (χ3n) is 1.80. The Kier molecular flexibility index (Phi) is 22.1. The van der Waals surface area contributed by atoms with Crippen molar-refractivity contribution in [1.29, 1.82) is 0 Å². The van der Waals surface area contributed by atoms with Gasteiger partial charge in [0.1, 0.15) is 0 Å². The van der Waals surface area contributed by atoms with E-state index in [2.05, 4.69) is 0 Å². The normalized spacial score (nSPS) is 9.58. The van der Waals surface area contributed by atoms with Gasteiger partial charge in [0, 0.05) is 37.5 Å². The van der Waals surface area contributed by atoms with Gasteiger partial charge in [0.25, 0.3) is 0 Å². The molecule has 0 aliphatic rings. The molecule has 0 heterocycles. The summed E-state index contributed by atoms with van der Waals surface area (Å²) in [6.45, 7) is 0.566. The average molecular weight is 350 g/mol. The van der Waals surface area contributed by atoms with E-state index >= 15 is 0 Å². The number of aliphatic carboxylic acids is 4. The molecule has 0 radical (unpaired) electrons. The lowest BCUT2D eigenvalue weighted by Crippen LogP contribution is -1.91.